The zero-order valence-electron chi connectivity index (χ0n) is 12.3. The molecule has 5 heteroatoms. The number of aryl methyl sites for hydroxylation is 1. The van der Waals surface area contributed by atoms with Gasteiger partial charge in [0.05, 0.1) is 22.9 Å². The number of morpholine rings is 1. The van der Waals surface area contributed by atoms with E-state index in [0.717, 1.165) is 15.6 Å². The highest BCUT2D eigenvalue weighted by molar-refractivity contribution is 7.13. The van der Waals surface area contributed by atoms with Gasteiger partial charge in [0.25, 0.3) is 5.91 Å². The first-order valence-electron chi connectivity index (χ1n) is 6.71. The van der Waals surface area contributed by atoms with Crippen LogP contribution in [0.5, 0.6) is 0 Å². The zero-order valence-corrected chi connectivity index (χ0v) is 13.1. The summed E-state index contributed by atoms with van der Waals surface area (Å²) >= 11 is 1.53. The minimum absolute atomic E-state index is 0.0956. The lowest BCUT2D eigenvalue weighted by molar-refractivity contribution is -0.0763. The van der Waals surface area contributed by atoms with Gasteiger partial charge in [-0.2, -0.15) is 0 Å². The summed E-state index contributed by atoms with van der Waals surface area (Å²) in [6.45, 7) is 12.1. The molecule has 0 unspecified atom stereocenters. The Balaban J connectivity index is 2.19. The summed E-state index contributed by atoms with van der Waals surface area (Å²) < 4.78 is 5.65. The maximum absolute atomic E-state index is 12.6. The van der Waals surface area contributed by atoms with Crippen LogP contribution >= 0.6 is 11.3 Å². The van der Waals surface area contributed by atoms with Crippen LogP contribution in [0.2, 0.25) is 0 Å². The van der Waals surface area contributed by atoms with Gasteiger partial charge in [-0.15, -0.1) is 11.3 Å². The van der Waals surface area contributed by atoms with Gasteiger partial charge in [0.2, 0.25) is 0 Å². The maximum atomic E-state index is 12.6. The number of aromatic nitrogens is 1. The standard InChI is InChI=1S/C14H22N2O2S/c1-9(2)12-15-10(3)11(19-12)13(17)16-6-7-18-14(4,5)8-16/h9H,6-8H2,1-5H3. The third kappa shape index (κ3) is 3.15. The molecular formula is C14H22N2O2S. The van der Waals surface area contributed by atoms with Crippen LogP contribution in [0.1, 0.15) is 54.0 Å². The Bertz CT molecular complexity index is 480. The van der Waals surface area contributed by atoms with Gasteiger partial charge in [-0.25, -0.2) is 4.98 Å². The first-order chi connectivity index (χ1) is 8.80. The SMILES string of the molecule is Cc1nc(C(C)C)sc1C(=O)N1CCOC(C)(C)C1. The number of ether oxygens (including phenoxy) is 1. The molecule has 2 heterocycles. The zero-order chi connectivity index (χ0) is 14.2. The number of thiazole rings is 1. The monoisotopic (exact) mass is 282 g/mol. The molecule has 0 radical (unpaired) electrons. The first kappa shape index (κ1) is 14.5. The highest BCUT2D eigenvalue weighted by atomic mass is 32.1. The molecule has 1 amide bonds. The largest absolute Gasteiger partial charge is 0.372 e. The Hall–Kier alpha value is -0.940. The van der Waals surface area contributed by atoms with E-state index in [4.69, 9.17) is 4.74 Å². The fourth-order valence-electron chi connectivity index (χ4n) is 2.20. The lowest BCUT2D eigenvalue weighted by atomic mass is 10.1. The molecule has 0 aliphatic carbocycles. The van der Waals surface area contributed by atoms with Crippen LogP contribution in [0.25, 0.3) is 0 Å². The van der Waals surface area contributed by atoms with Gasteiger partial charge in [-0.3, -0.25) is 4.79 Å². The second-order valence-electron chi connectivity index (χ2n) is 5.96. The number of rotatable bonds is 2. The number of amides is 1. The summed E-state index contributed by atoms with van der Waals surface area (Å²) in [6.07, 6.45) is 0. The molecule has 0 aromatic carbocycles. The van der Waals surface area contributed by atoms with E-state index < -0.39 is 0 Å². The normalized spacial score (nSPS) is 18.9. The Morgan fingerprint density at radius 2 is 2.16 bits per heavy atom. The summed E-state index contributed by atoms with van der Waals surface area (Å²) in [5.74, 6) is 0.463. The maximum Gasteiger partial charge on any atom is 0.266 e. The predicted molar refractivity (Wildman–Crippen MR) is 76.9 cm³/mol. The molecule has 106 valence electrons. The van der Waals surface area contributed by atoms with Crippen LogP contribution in [-0.4, -0.2) is 41.1 Å². The molecule has 4 nitrogen and oxygen atoms in total. The van der Waals surface area contributed by atoms with Crippen molar-refractivity contribution in [2.24, 2.45) is 0 Å². The van der Waals surface area contributed by atoms with Gasteiger partial charge in [0.15, 0.2) is 0 Å². The lowest BCUT2D eigenvalue weighted by Gasteiger charge is -2.38. The minimum atomic E-state index is -0.257. The summed E-state index contributed by atoms with van der Waals surface area (Å²) in [5.41, 5.74) is 0.593. The number of carbonyl (C=O) groups excluding carboxylic acids is 1. The van der Waals surface area contributed by atoms with Crippen LogP contribution in [0.15, 0.2) is 0 Å². The van der Waals surface area contributed by atoms with Gasteiger partial charge in [-0.1, -0.05) is 13.8 Å². The van der Waals surface area contributed by atoms with Crippen molar-refractivity contribution in [3.63, 3.8) is 0 Å². The van der Waals surface area contributed by atoms with Gasteiger partial charge in [0.1, 0.15) is 4.88 Å². The number of hydrogen-bond donors (Lipinski definition) is 0. The third-order valence-corrected chi connectivity index (χ3v) is 4.66. The second kappa shape index (κ2) is 5.21. The predicted octanol–water partition coefficient (Wildman–Crippen LogP) is 2.83. The molecule has 0 bridgehead atoms. The van der Waals surface area contributed by atoms with Crippen molar-refractivity contribution in [3.8, 4) is 0 Å². The molecule has 0 saturated carbocycles. The molecule has 19 heavy (non-hydrogen) atoms. The van der Waals surface area contributed by atoms with Crippen LogP contribution in [0.4, 0.5) is 0 Å². The molecule has 1 aromatic rings. The molecule has 0 spiro atoms. The third-order valence-electron chi connectivity index (χ3n) is 3.21. The Morgan fingerprint density at radius 3 is 2.68 bits per heavy atom. The Morgan fingerprint density at radius 1 is 1.47 bits per heavy atom. The fraction of sp³-hybridized carbons (Fsp3) is 0.714. The van der Waals surface area contributed by atoms with E-state index in [1.54, 1.807) is 0 Å². The molecule has 1 aliphatic rings. The molecular weight excluding hydrogens is 260 g/mol. The molecule has 1 fully saturated rings. The van der Waals surface area contributed by atoms with E-state index >= 15 is 0 Å². The van der Waals surface area contributed by atoms with E-state index in [2.05, 4.69) is 18.8 Å². The average Bonchev–Trinajstić information content (AvgIpc) is 2.69. The Labute approximate surface area is 118 Å². The van der Waals surface area contributed by atoms with Crippen LogP contribution < -0.4 is 0 Å². The van der Waals surface area contributed by atoms with E-state index in [1.165, 1.54) is 11.3 Å². The van der Waals surface area contributed by atoms with Gasteiger partial charge in [-0.05, 0) is 20.8 Å². The summed E-state index contributed by atoms with van der Waals surface area (Å²) in [7, 11) is 0. The van der Waals surface area contributed by atoms with Gasteiger partial charge >= 0.3 is 0 Å². The van der Waals surface area contributed by atoms with Crippen LogP contribution in [-0.2, 0) is 4.74 Å². The topological polar surface area (TPSA) is 42.4 Å². The minimum Gasteiger partial charge on any atom is -0.372 e. The molecule has 0 atom stereocenters. The van der Waals surface area contributed by atoms with E-state index in [9.17, 15) is 4.79 Å². The molecule has 1 aromatic heterocycles. The van der Waals surface area contributed by atoms with E-state index in [-0.39, 0.29) is 11.5 Å². The van der Waals surface area contributed by atoms with E-state index in [0.29, 0.717) is 25.6 Å². The van der Waals surface area contributed by atoms with Gasteiger partial charge in [0, 0.05) is 19.0 Å². The fourth-order valence-corrected chi connectivity index (χ4v) is 3.23. The molecule has 2 rings (SSSR count). The highest BCUT2D eigenvalue weighted by Gasteiger charge is 2.32. The first-order valence-corrected chi connectivity index (χ1v) is 7.52. The summed E-state index contributed by atoms with van der Waals surface area (Å²) in [6, 6.07) is 0. The average molecular weight is 282 g/mol. The summed E-state index contributed by atoms with van der Waals surface area (Å²) in [4.78, 5) is 19.7. The quantitative estimate of drug-likeness (QED) is 0.837. The molecule has 0 N–H and O–H groups in total. The number of nitrogens with zero attached hydrogens (tertiary/aromatic N) is 2. The van der Waals surface area contributed by atoms with Crippen molar-refractivity contribution >= 4 is 17.2 Å². The smallest absolute Gasteiger partial charge is 0.266 e. The van der Waals surface area contributed by atoms with Gasteiger partial charge < -0.3 is 9.64 Å². The van der Waals surface area contributed by atoms with Crippen molar-refractivity contribution in [3.05, 3.63) is 15.6 Å². The lowest BCUT2D eigenvalue weighted by Crippen LogP contribution is -2.50. The second-order valence-corrected chi connectivity index (χ2v) is 6.99. The number of hydrogen-bond acceptors (Lipinski definition) is 4. The van der Waals surface area contributed by atoms with Crippen LogP contribution in [0, 0.1) is 6.92 Å². The molecule has 1 aliphatic heterocycles. The molecule has 1 saturated heterocycles. The van der Waals surface area contributed by atoms with Crippen molar-refractivity contribution in [2.45, 2.75) is 46.1 Å². The van der Waals surface area contributed by atoms with Crippen molar-refractivity contribution in [1.29, 1.82) is 0 Å². The highest BCUT2D eigenvalue weighted by Crippen LogP contribution is 2.27. The van der Waals surface area contributed by atoms with Crippen molar-refractivity contribution in [1.82, 2.24) is 9.88 Å². The Kier molecular flexibility index (Phi) is 3.97. The number of carbonyl (C=O) groups is 1. The van der Waals surface area contributed by atoms with E-state index in [1.807, 2.05) is 25.7 Å². The van der Waals surface area contributed by atoms with Crippen molar-refractivity contribution < 1.29 is 9.53 Å². The van der Waals surface area contributed by atoms with Crippen LogP contribution in [0.3, 0.4) is 0 Å². The van der Waals surface area contributed by atoms with Crippen molar-refractivity contribution in [2.75, 3.05) is 19.7 Å². The summed E-state index contributed by atoms with van der Waals surface area (Å²) in [5, 5.41) is 1.04.